The molecule has 0 heterocycles. The molecule has 0 saturated carbocycles. The van der Waals surface area contributed by atoms with Gasteiger partial charge in [-0.2, -0.15) is 0 Å². The molecule has 0 bridgehead atoms. The zero-order valence-corrected chi connectivity index (χ0v) is 17.9. The largest absolute Gasteiger partial charge is 0.493 e. The summed E-state index contributed by atoms with van der Waals surface area (Å²) in [6, 6.07) is 23.8. The van der Waals surface area contributed by atoms with Crippen molar-refractivity contribution >= 4 is 5.91 Å². The van der Waals surface area contributed by atoms with Gasteiger partial charge in [0.2, 0.25) is 0 Å². The molecule has 5 nitrogen and oxygen atoms in total. The van der Waals surface area contributed by atoms with Gasteiger partial charge in [-0.1, -0.05) is 42.5 Å². The van der Waals surface area contributed by atoms with Crippen LogP contribution in [0.1, 0.15) is 22.0 Å². The number of amides is 1. The quantitative estimate of drug-likeness (QED) is 0.606. The highest BCUT2D eigenvalue weighted by atomic mass is 16.5. The van der Waals surface area contributed by atoms with Crippen molar-refractivity contribution in [1.82, 2.24) is 5.32 Å². The Kier molecular flexibility index (Phi) is 7.09. The Balaban J connectivity index is 1.70. The first-order chi connectivity index (χ1) is 14.5. The lowest BCUT2D eigenvalue weighted by molar-refractivity contribution is -0.890. The van der Waals surface area contributed by atoms with E-state index in [4.69, 9.17) is 9.47 Å². The van der Waals surface area contributed by atoms with Gasteiger partial charge in [0.05, 0.1) is 34.9 Å². The van der Waals surface area contributed by atoms with Gasteiger partial charge in [-0.05, 0) is 41.5 Å². The fourth-order valence-corrected chi connectivity index (χ4v) is 3.47. The highest BCUT2D eigenvalue weighted by Gasteiger charge is 2.21. The van der Waals surface area contributed by atoms with Crippen LogP contribution in [0.15, 0.2) is 72.8 Å². The highest BCUT2D eigenvalue weighted by Crippen LogP contribution is 2.29. The monoisotopic (exact) mass is 405 g/mol. The van der Waals surface area contributed by atoms with Crippen LogP contribution < -0.4 is 19.7 Å². The van der Waals surface area contributed by atoms with Gasteiger partial charge in [-0.25, -0.2) is 0 Å². The molecule has 30 heavy (non-hydrogen) atoms. The van der Waals surface area contributed by atoms with Crippen LogP contribution in [-0.4, -0.2) is 40.8 Å². The van der Waals surface area contributed by atoms with Gasteiger partial charge in [0.25, 0.3) is 5.91 Å². The van der Waals surface area contributed by atoms with E-state index in [0.29, 0.717) is 23.6 Å². The van der Waals surface area contributed by atoms with Gasteiger partial charge in [0, 0.05) is 11.1 Å². The van der Waals surface area contributed by atoms with Crippen LogP contribution in [0.4, 0.5) is 0 Å². The molecule has 0 unspecified atom stereocenters. The maximum atomic E-state index is 12.7. The van der Waals surface area contributed by atoms with E-state index >= 15 is 0 Å². The van der Waals surface area contributed by atoms with Crippen LogP contribution in [0.25, 0.3) is 11.1 Å². The first-order valence-corrected chi connectivity index (χ1v) is 9.99. The second kappa shape index (κ2) is 9.94. The molecule has 1 amide bonds. The zero-order valence-electron chi connectivity index (χ0n) is 17.9. The van der Waals surface area contributed by atoms with E-state index in [2.05, 4.69) is 31.5 Å². The number of methoxy groups -OCH3 is 2. The minimum absolute atomic E-state index is 0.0809. The number of quaternary nitrogens is 1. The smallest absolute Gasteiger partial charge is 0.251 e. The van der Waals surface area contributed by atoms with Crippen molar-refractivity contribution < 1.29 is 19.2 Å². The van der Waals surface area contributed by atoms with Crippen molar-refractivity contribution in [1.29, 1.82) is 0 Å². The average Bonchev–Trinajstić information content (AvgIpc) is 2.79. The Hall–Kier alpha value is -3.31. The van der Waals surface area contributed by atoms with Crippen molar-refractivity contribution in [2.45, 2.75) is 6.04 Å². The van der Waals surface area contributed by atoms with E-state index in [1.807, 2.05) is 60.7 Å². The summed E-state index contributed by atoms with van der Waals surface area (Å²) in [4.78, 5) is 13.9. The first kappa shape index (κ1) is 21.4. The average molecular weight is 406 g/mol. The summed E-state index contributed by atoms with van der Waals surface area (Å²) >= 11 is 0. The van der Waals surface area contributed by atoms with Gasteiger partial charge in [-0.15, -0.1) is 0 Å². The van der Waals surface area contributed by atoms with Gasteiger partial charge in [0.1, 0.15) is 6.04 Å². The van der Waals surface area contributed by atoms with E-state index in [9.17, 15) is 4.79 Å². The first-order valence-electron chi connectivity index (χ1n) is 9.99. The Morgan fingerprint density at radius 1 is 0.867 bits per heavy atom. The van der Waals surface area contributed by atoms with Crippen LogP contribution in [0.3, 0.4) is 0 Å². The number of carbonyl (C=O) groups excluding carboxylic acids is 1. The lowest BCUT2D eigenvalue weighted by Gasteiger charge is -2.23. The third-order valence-electron chi connectivity index (χ3n) is 5.23. The predicted molar refractivity (Wildman–Crippen MR) is 119 cm³/mol. The molecule has 1 atom stereocenters. The van der Waals surface area contributed by atoms with Gasteiger partial charge in [-0.3, -0.25) is 4.79 Å². The Bertz CT molecular complexity index is 969. The summed E-state index contributed by atoms with van der Waals surface area (Å²) in [5.74, 6) is 1.29. The highest BCUT2D eigenvalue weighted by molar-refractivity contribution is 5.94. The number of hydrogen-bond donors (Lipinski definition) is 2. The Labute approximate surface area is 178 Å². The molecule has 0 radical (unpaired) electrons. The van der Waals surface area contributed by atoms with E-state index < -0.39 is 0 Å². The lowest BCUT2D eigenvalue weighted by Crippen LogP contribution is -3.07. The van der Waals surface area contributed by atoms with E-state index in [0.717, 1.165) is 16.7 Å². The van der Waals surface area contributed by atoms with Gasteiger partial charge < -0.3 is 19.7 Å². The molecule has 0 fully saturated rings. The summed E-state index contributed by atoms with van der Waals surface area (Å²) in [5, 5.41) is 3.07. The van der Waals surface area contributed by atoms with Crippen molar-refractivity contribution in [2.75, 3.05) is 34.9 Å². The molecule has 0 aliphatic heterocycles. The Morgan fingerprint density at radius 3 is 2.10 bits per heavy atom. The lowest BCUT2D eigenvalue weighted by atomic mass is 10.0. The molecule has 156 valence electrons. The molecule has 0 saturated heterocycles. The number of likely N-dealkylation sites (N-methyl/N-ethyl adjacent to an activating group) is 1. The van der Waals surface area contributed by atoms with Crippen LogP contribution in [0.2, 0.25) is 0 Å². The third kappa shape index (κ3) is 4.99. The molecule has 0 aromatic heterocycles. The van der Waals surface area contributed by atoms with E-state index in [1.165, 1.54) is 4.90 Å². The molecule has 2 N–H and O–H groups in total. The number of hydrogen-bond acceptors (Lipinski definition) is 3. The maximum absolute atomic E-state index is 12.7. The number of ether oxygens (including phenoxy) is 2. The number of benzene rings is 3. The van der Waals surface area contributed by atoms with Crippen molar-refractivity contribution in [3.05, 3.63) is 83.9 Å². The summed E-state index contributed by atoms with van der Waals surface area (Å²) in [6.45, 7) is 0.511. The van der Waals surface area contributed by atoms with E-state index in [1.54, 1.807) is 14.2 Å². The van der Waals surface area contributed by atoms with Crippen LogP contribution >= 0.6 is 0 Å². The molecule has 0 aliphatic rings. The number of rotatable bonds is 8. The molecule has 3 aromatic rings. The SMILES string of the molecule is COc1ccc([C@@H](CNC(=O)c2ccc(-c3ccccc3)cc2)[NH+](C)C)cc1OC. The molecular weight excluding hydrogens is 376 g/mol. The fourth-order valence-electron chi connectivity index (χ4n) is 3.47. The molecule has 0 spiro atoms. The second-order valence-corrected chi connectivity index (χ2v) is 7.40. The topological polar surface area (TPSA) is 52.0 Å². The van der Waals surface area contributed by atoms with Crippen molar-refractivity contribution in [2.24, 2.45) is 0 Å². The standard InChI is InChI=1S/C25H28N2O3/c1-27(2)22(21-14-15-23(29-3)24(16-21)30-4)17-26-25(28)20-12-10-19(11-13-20)18-8-6-5-7-9-18/h5-16,22H,17H2,1-4H3,(H,26,28)/p+1/t22-/m1/s1. The van der Waals surface area contributed by atoms with Crippen molar-refractivity contribution in [3.63, 3.8) is 0 Å². The third-order valence-corrected chi connectivity index (χ3v) is 5.23. The molecule has 5 heteroatoms. The summed E-state index contributed by atoms with van der Waals surface area (Å²) in [5.41, 5.74) is 3.95. The molecule has 3 aromatic carbocycles. The van der Waals surface area contributed by atoms with Crippen LogP contribution in [0, 0.1) is 0 Å². The summed E-state index contributed by atoms with van der Waals surface area (Å²) in [6.07, 6.45) is 0. The fraction of sp³-hybridized carbons (Fsp3) is 0.240. The zero-order chi connectivity index (χ0) is 21.5. The molecule has 0 aliphatic carbocycles. The van der Waals surface area contributed by atoms with Crippen LogP contribution in [-0.2, 0) is 0 Å². The van der Waals surface area contributed by atoms with Gasteiger partial charge in [0.15, 0.2) is 11.5 Å². The van der Waals surface area contributed by atoms with Crippen LogP contribution in [0.5, 0.6) is 11.5 Å². The van der Waals surface area contributed by atoms with Gasteiger partial charge >= 0.3 is 0 Å². The normalized spacial score (nSPS) is 11.8. The minimum atomic E-state index is -0.0821. The van der Waals surface area contributed by atoms with Crippen molar-refractivity contribution in [3.8, 4) is 22.6 Å². The second-order valence-electron chi connectivity index (χ2n) is 7.40. The molecular formula is C25H29N2O3+. The number of nitrogens with one attached hydrogen (secondary N) is 2. The minimum Gasteiger partial charge on any atom is -0.493 e. The number of carbonyl (C=O) groups is 1. The molecule has 3 rings (SSSR count). The van der Waals surface area contributed by atoms with E-state index in [-0.39, 0.29) is 11.9 Å². The Morgan fingerprint density at radius 2 is 1.50 bits per heavy atom. The summed E-state index contributed by atoms with van der Waals surface area (Å²) < 4.78 is 10.8. The predicted octanol–water partition coefficient (Wildman–Crippen LogP) is 2.99. The maximum Gasteiger partial charge on any atom is 0.251 e. The summed E-state index contributed by atoms with van der Waals surface area (Å²) in [7, 11) is 7.39.